The van der Waals surface area contributed by atoms with Gasteiger partial charge < -0.3 is 5.11 Å². The second-order valence-corrected chi connectivity index (χ2v) is 4.64. The van der Waals surface area contributed by atoms with Crippen LogP contribution in [0.5, 0.6) is 0 Å². The Bertz CT molecular complexity index is 374. The second-order valence-electron chi connectivity index (χ2n) is 3.26. The van der Waals surface area contributed by atoms with E-state index in [-0.39, 0.29) is 5.56 Å². The summed E-state index contributed by atoms with van der Waals surface area (Å²) in [5.74, 6) is -1.88. The smallest absolute Gasteiger partial charge is 0.338 e. The summed E-state index contributed by atoms with van der Waals surface area (Å²) in [6.45, 7) is 0. The molecule has 1 aromatic carbocycles. The third-order valence-electron chi connectivity index (χ3n) is 2.00. The molecule has 74 valence electrons. The van der Waals surface area contributed by atoms with Gasteiger partial charge >= 0.3 is 5.97 Å². The second kappa shape index (κ2) is 3.61. The van der Waals surface area contributed by atoms with Crippen LogP contribution in [0, 0.1) is 5.82 Å². The van der Waals surface area contributed by atoms with Crippen molar-refractivity contribution in [2.75, 3.05) is 0 Å². The summed E-state index contributed by atoms with van der Waals surface area (Å²) in [5.41, 5.74) is -0.240. The molecule has 0 atom stereocenters. The van der Waals surface area contributed by atoms with Gasteiger partial charge in [0.2, 0.25) is 0 Å². The molecule has 1 aromatic rings. The van der Waals surface area contributed by atoms with Gasteiger partial charge in [0.15, 0.2) is 0 Å². The Morgan fingerprint density at radius 2 is 2.21 bits per heavy atom. The molecule has 2 nitrogen and oxygen atoms in total. The van der Waals surface area contributed by atoms with Crippen LogP contribution in [0.3, 0.4) is 0 Å². The highest BCUT2D eigenvalue weighted by molar-refractivity contribution is 8.00. The average molecular weight is 212 g/mol. The summed E-state index contributed by atoms with van der Waals surface area (Å²) in [6, 6.07) is 4.25. The molecule has 0 aromatic heterocycles. The molecule has 14 heavy (non-hydrogen) atoms. The molecule has 2 rings (SSSR count). The highest BCUT2D eigenvalue weighted by atomic mass is 32.2. The van der Waals surface area contributed by atoms with Crippen LogP contribution in [0.4, 0.5) is 4.39 Å². The topological polar surface area (TPSA) is 37.3 Å². The van der Waals surface area contributed by atoms with E-state index in [2.05, 4.69) is 0 Å². The van der Waals surface area contributed by atoms with E-state index >= 15 is 0 Å². The summed E-state index contributed by atoms with van der Waals surface area (Å²) < 4.78 is 13.0. The molecule has 0 aliphatic heterocycles. The molecule has 0 bridgehead atoms. The van der Waals surface area contributed by atoms with Gasteiger partial charge in [-0.25, -0.2) is 9.18 Å². The highest BCUT2D eigenvalue weighted by Gasteiger charge is 2.23. The van der Waals surface area contributed by atoms with Crippen LogP contribution in [0.15, 0.2) is 23.1 Å². The van der Waals surface area contributed by atoms with Crippen LogP contribution in [-0.2, 0) is 0 Å². The molecule has 0 amide bonds. The summed E-state index contributed by atoms with van der Waals surface area (Å²) >= 11 is 1.62. The van der Waals surface area contributed by atoms with E-state index in [1.807, 2.05) is 0 Å². The van der Waals surface area contributed by atoms with Gasteiger partial charge in [-0.3, -0.25) is 0 Å². The number of carbonyl (C=O) groups is 1. The Labute approximate surface area is 85.1 Å². The van der Waals surface area contributed by atoms with E-state index in [1.165, 1.54) is 25.0 Å². The van der Waals surface area contributed by atoms with Crippen molar-refractivity contribution in [2.45, 2.75) is 23.0 Å². The number of aromatic carboxylic acids is 1. The van der Waals surface area contributed by atoms with Crippen LogP contribution in [0.25, 0.3) is 0 Å². The lowest BCUT2D eigenvalue weighted by Gasteiger charge is -2.01. The fourth-order valence-electron chi connectivity index (χ4n) is 1.12. The van der Waals surface area contributed by atoms with Crippen molar-refractivity contribution < 1.29 is 14.3 Å². The average Bonchev–Trinajstić information content (AvgIpc) is 2.92. The molecule has 0 saturated heterocycles. The SMILES string of the molecule is O=C(O)c1cc(SC2CC2)ccc1F. The van der Waals surface area contributed by atoms with Gasteiger partial charge in [-0.05, 0) is 31.0 Å². The van der Waals surface area contributed by atoms with Gasteiger partial charge in [-0.2, -0.15) is 0 Å². The van der Waals surface area contributed by atoms with E-state index in [0.717, 1.165) is 4.90 Å². The highest BCUT2D eigenvalue weighted by Crippen LogP contribution is 2.39. The molecule has 1 N–H and O–H groups in total. The van der Waals surface area contributed by atoms with Crippen molar-refractivity contribution in [1.29, 1.82) is 0 Å². The molecule has 0 spiro atoms. The number of halogens is 1. The lowest BCUT2D eigenvalue weighted by molar-refractivity contribution is 0.0691. The third kappa shape index (κ3) is 2.07. The van der Waals surface area contributed by atoms with Crippen molar-refractivity contribution in [3.8, 4) is 0 Å². The predicted octanol–water partition coefficient (Wildman–Crippen LogP) is 2.78. The van der Waals surface area contributed by atoms with Crippen molar-refractivity contribution in [3.63, 3.8) is 0 Å². The summed E-state index contributed by atoms with van der Waals surface area (Å²) in [7, 11) is 0. The molecule has 1 aliphatic rings. The number of hydrogen-bond donors (Lipinski definition) is 1. The van der Waals surface area contributed by atoms with E-state index in [4.69, 9.17) is 5.11 Å². The van der Waals surface area contributed by atoms with Crippen molar-refractivity contribution in [3.05, 3.63) is 29.6 Å². The van der Waals surface area contributed by atoms with Crippen LogP contribution in [0.1, 0.15) is 23.2 Å². The standard InChI is InChI=1S/C10H9FO2S/c11-9-4-3-7(14-6-1-2-6)5-8(9)10(12)13/h3-6H,1-2H2,(H,12,13). The van der Waals surface area contributed by atoms with Gasteiger partial charge in [0.25, 0.3) is 0 Å². The summed E-state index contributed by atoms with van der Waals surface area (Å²) in [5, 5.41) is 9.29. The van der Waals surface area contributed by atoms with Gasteiger partial charge in [-0.15, -0.1) is 11.8 Å². The fraction of sp³-hybridized carbons (Fsp3) is 0.300. The number of thioether (sulfide) groups is 1. The zero-order chi connectivity index (χ0) is 10.1. The Morgan fingerprint density at radius 3 is 2.79 bits per heavy atom. The predicted molar refractivity (Wildman–Crippen MR) is 52.2 cm³/mol. The normalized spacial score (nSPS) is 15.5. The molecule has 1 saturated carbocycles. The zero-order valence-electron chi connectivity index (χ0n) is 7.37. The summed E-state index contributed by atoms with van der Waals surface area (Å²) in [6.07, 6.45) is 2.34. The van der Waals surface area contributed by atoms with Crippen LogP contribution < -0.4 is 0 Å². The van der Waals surface area contributed by atoms with E-state index in [9.17, 15) is 9.18 Å². The molecular formula is C10H9FO2S. The number of hydrogen-bond acceptors (Lipinski definition) is 2. The maximum absolute atomic E-state index is 13.0. The van der Waals surface area contributed by atoms with E-state index in [0.29, 0.717) is 5.25 Å². The van der Waals surface area contributed by atoms with Crippen molar-refractivity contribution >= 4 is 17.7 Å². The van der Waals surface area contributed by atoms with E-state index < -0.39 is 11.8 Å². The third-order valence-corrected chi connectivity index (χ3v) is 3.33. The van der Waals surface area contributed by atoms with Crippen molar-refractivity contribution in [1.82, 2.24) is 0 Å². The molecule has 0 heterocycles. The lowest BCUT2D eigenvalue weighted by atomic mass is 10.2. The molecule has 1 fully saturated rings. The van der Waals surface area contributed by atoms with Gasteiger partial charge in [-0.1, -0.05) is 0 Å². The first-order valence-corrected chi connectivity index (χ1v) is 5.24. The number of benzene rings is 1. The minimum Gasteiger partial charge on any atom is -0.478 e. The maximum atomic E-state index is 13.0. The van der Waals surface area contributed by atoms with Gasteiger partial charge in [0.1, 0.15) is 5.82 Å². The molecule has 4 heteroatoms. The van der Waals surface area contributed by atoms with Crippen molar-refractivity contribution in [2.24, 2.45) is 0 Å². The van der Waals surface area contributed by atoms with Gasteiger partial charge in [0, 0.05) is 10.1 Å². The van der Waals surface area contributed by atoms with E-state index in [1.54, 1.807) is 17.8 Å². The number of rotatable bonds is 3. The zero-order valence-corrected chi connectivity index (χ0v) is 8.18. The van der Waals surface area contributed by atoms with Gasteiger partial charge in [0.05, 0.1) is 5.56 Å². The first kappa shape index (κ1) is 9.52. The Kier molecular flexibility index (Phi) is 2.46. The lowest BCUT2D eigenvalue weighted by Crippen LogP contribution is -2.00. The number of carboxylic acids is 1. The quantitative estimate of drug-likeness (QED) is 0.837. The largest absolute Gasteiger partial charge is 0.478 e. The molecular weight excluding hydrogens is 203 g/mol. The Morgan fingerprint density at radius 1 is 1.50 bits per heavy atom. The minimum absolute atomic E-state index is 0.240. The Balaban J connectivity index is 2.24. The van der Waals surface area contributed by atoms with Crippen LogP contribution in [0.2, 0.25) is 0 Å². The minimum atomic E-state index is -1.21. The summed E-state index contributed by atoms with van der Waals surface area (Å²) in [4.78, 5) is 11.5. The Hall–Kier alpha value is -1.03. The maximum Gasteiger partial charge on any atom is 0.338 e. The molecule has 1 aliphatic carbocycles. The molecule has 0 radical (unpaired) electrons. The van der Waals surface area contributed by atoms with Crippen LogP contribution in [-0.4, -0.2) is 16.3 Å². The first-order chi connectivity index (χ1) is 6.66. The fourth-order valence-corrected chi connectivity index (χ4v) is 2.21. The van der Waals surface area contributed by atoms with Crippen LogP contribution >= 0.6 is 11.8 Å². The monoisotopic (exact) mass is 212 g/mol. The number of carboxylic acid groups (broad SMARTS) is 1. The molecule has 0 unspecified atom stereocenters. The first-order valence-electron chi connectivity index (χ1n) is 4.36.